The lowest BCUT2D eigenvalue weighted by Gasteiger charge is -2.32. The third-order valence-electron chi connectivity index (χ3n) is 5.82. The van der Waals surface area contributed by atoms with Gasteiger partial charge in [-0.3, -0.25) is 19.5 Å². The van der Waals surface area contributed by atoms with Crippen molar-refractivity contribution in [3.05, 3.63) is 36.5 Å². The number of nitrogens with two attached hydrogens (primary N) is 1. The molecule has 1 fully saturated rings. The number of fused-ring (bicyclic) bond motifs is 1. The molecule has 180 valence electrons. The molecule has 0 spiro atoms. The van der Waals surface area contributed by atoms with E-state index in [1.54, 1.807) is 12.3 Å². The smallest absolute Gasteiger partial charge is 0.274 e. The van der Waals surface area contributed by atoms with Gasteiger partial charge in [0.15, 0.2) is 0 Å². The number of para-hydroxylation sites is 1. The van der Waals surface area contributed by atoms with Crippen molar-refractivity contribution in [1.29, 1.82) is 0 Å². The molecule has 2 amide bonds. The van der Waals surface area contributed by atoms with Crippen molar-refractivity contribution in [1.82, 2.24) is 19.9 Å². The second kappa shape index (κ2) is 11.5. The molecule has 0 aliphatic carbocycles. The minimum atomic E-state index is -3.75. The summed E-state index contributed by atoms with van der Waals surface area (Å²) in [5.41, 5.74) is 1.24. The number of aromatic nitrogens is 1. The Balaban J connectivity index is 1.69. The molecule has 0 radical (unpaired) electrons. The van der Waals surface area contributed by atoms with Crippen molar-refractivity contribution in [2.75, 3.05) is 25.5 Å². The number of hydrogen-bond donors (Lipinski definition) is 4. The Morgan fingerprint density at radius 1 is 1.21 bits per heavy atom. The van der Waals surface area contributed by atoms with Gasteiger partial charge >= 0.3 is 0 Å². The first-order valence-corrected chi connectivity index (χ1v) is 12.7. The van der Waals surface area contributed by atoms with Crippen molar-refractivity contribution in [2.45, 2.75) is 50.6 Å². The second-order valence-corrected chi connectivity index (χ2v) is 9.74. The van der Waals surface area contributed by atoms with Gasteiger partial charge < -0.3 is 10.6 Å². The maximum atomic E-state index is 13.2. The summed E-state index contributed by atoms with van der Waals surface area (Å²) < 4.78 is 24.3. The second-order valence-electron chi connectivity index (χ2n) is 8.36. The van der Waals surface area contributed by atoms with Crippen LogP contribution in [0.4, 0.5) is 5.69 Å². The van der Waals surface area contributed by atoms with E-state index < -0.39 is 16.3 Å². The van der Waals surface area contributed by atoms with Gasteiger partial charge in [0.1, 0.15) is 6.04 Å². The van der Waals surface area contributed by atoms with Gasteiger partial charge in [0.25, 0.3) is 10.2 Å². The van der Waals surface area contributed by atoms with Crippen LogP contribution in [-0.2, 0) is 19.8 Å². The molecule has 1 saturated heterocycles. The molecule has 1 aliphatic heterocycles. The van der Waals surface area contributed by atoms with Crippen molar-refractivity contribution in [2.24, 2.45) is 5.14 Å². The van der Waals surface area contributed by atoms with E-state index in [0.29, 0.717) is 30.5 Å². The average molecular weight is 477 g/mol. The van der Waals surface area contributed by atoms with Crippen LogP contribution in [0.1, 0.15) is 38.5 Å². The number of carbonyl (C=O) groups is 2. The van der Waals surface area contributed by atoms with Gasteiger partial charge in [0, 0.05) is 18.1 Å². The van der Waals surface area contributed by atoms with Crippen molar-refractivity contribution >= 4 is 38.6 Å². The Kier molecular flexibility index (Phi) is 8.73. The maximum Gasteiger partial charge on any atom is 0.274 e. The Labute approximate surface area is 194 Å². The number of unbranched alkanes of at least 4 members (excludes halogenated alkanes) is 1. The van der Waals surface area contributed by atoms with Gasteiger partial charge in [-0.05, 0) is 57.8 Å². The van der Waals surface area contributed by atoms with Gasteiger partial charge in [-0.15, -0.1) is 0 Å². The molecule has 33 heavy (non-hydrogen) atoms. The van der Waals surface area contributed by atoms with Gasteiger partial charge in [0.05, 0.1) is 17.2 Å². The molecule has 1 aliphatic rings. The van der Waals surface area contributed by atoms with Crippen LogP contribution in [0.2, 0.25) is 0 Å². The van der Waals surface area contributed by atoms with E-state index in [2.05, 4.69) is 20.3 Å². The minimum absolute atomic E-state index is 0.166. The molecular formula is C22H32N6O4S. The first kappa shape index (κ1) is 25.0. The SMILES string of the molecule is CN1CCCCC1C(=O)N[C@@H](CCCCNS(N)(=O)=O)C(=O)Nc1cccc2cccnc12. The van der Waals surface area contributed by atoms with E-state index in [1.807, 2.05) is 36.2 Å². The molecule has 2 heterocycles. The van der Waals surface area contributed by atoms with E-state index in [9.17, 15) is 18.0 Å². The molecule has 10 nitrogen and oxygen atoms in total. The number of benzene rings is 1. The highest BCUT2D eigenvalue weighted by Crippen LogP contribution is 2.21. The largest absolute Gasteiger partial charge is 0.343 e. The van der Waals surface area contributed by atoms with Gasteiger partial charge in [-0.2, -0.15) is 8.42 Å². The third-order valence-corrected chi connectivity index (χ3v) is 6.43. The van der Waals surface area contributed by atoms with E-state index in [1.165, 1.54) is 0 Å². The highest BCUT2D eigenvalue weighted by atomic mass is 32.2. The molecule has 2 atom stereocenters. The van der Waals surface area contributed by atoms with E-state index in [0.717, 1.165) is 31.2 Å². The van der Waals surface area contributed by atoms with E-state index in [-0.39, 0.29) is 24.4 Å². The zero-order chi connectivity index (χ0) is 23.8. The molecule has 1 aromatic carbocycles. The number of carbonyl (C=O) groups excluding carboxylic acids is 2. The average Bonchev–Trinajstić information content (AvgIpc) is 2.77. The number of nitrogens with zero attached hydrogens (tertiary/aromatic N) is 2. The van der Waals surface area contributed by atoms with Gasteiger partial charge in [-0.1, -0.05) is 24.6 Å². The molecule has 11 heteroatoms. The molecule has 3 rings (SSSR count). The van der Waals surface area contributed by atoms with Crippen LogP contribution in [0.3, 0.4) is 0 Å². The minimum Gasteiger partial charge on any atom is -0.343 e. The number of likely N-dealkylation sites (N-methyl/N-ethyl adjacent to an activating group) is 1. The standard InChI is InChI=1S/C22H32N6O4S/c1-28-15-5-3-12-19(28)22(30)27-18(10-2-4-14-25-33(23,31)32)21(29)26-17-11-6-8-16-9-7-13-24-20(16)17/h6-9,11,13,18-19,25H,2-5,10,12,14-15H2,1H3,(H,26,29)(H,27,30)(H2,23,31,32)/t18-,19?/m0/s1. The molecular weight excluding hydrogens is 444 g/mol. The summed E-state index contributed by atoms with van der Waals surface area (Å²) in [7, 11) is -1.84. The summed E-state index contributed by atoms with van der Waals surface area (Å²) in [5.74, 6) is -0.504. The van der Waals surface area contributed by atoms with Crippen LogP contribution in [0.5, 0.6) is 0 Å². The molecule has 0 saturated carbocycles. The molecule has 1 unspecified atom stereocenters. The van der Waals surface area contributed by atoms with Crippen molar-refractivity contribution in [3.8, 4) is 0 Å². The first-order chi connectivity index (χ1) is 15.7. The first-order valence-electron chi connectivity index (χ1n) is 11.2. The highest BCUT2D eigenvalue weighted by Gasteiger charge is 2.29. The zero-order valence-electron chi connectivity index (χ0n) is 18.8. The topological polar surface area (TPSA) is 147 Å². The number of anilines is 1. The molecule has 5 N–H and O–H groups in total. The summed E-state index contributed by atoms with van der Waals surface area (Å²) in [6.45, 7) is 1.01. The van der Waals surface area contributed by atoms with Crippen LogP contribution in [0.25, 0.3) is 10.9 Å². The van der Waals surface area contributed by atoms with Gasteiger partial charge in [-0.25, -0.2) is 9.86 Å². The van der Waals surface area contributed by atoms with E-state index in [4.69, 9.17) is 5.14 Å². The fourth-order valence-corrected chi connectivity index (χ4v) is 4.48. The monoisotopic (exact) mass is 476 g/mol. The van der Waals surface area contributed by atoms with Crippen LogP contribution < -0.4 is 20.5 Å². The number of likely N-dealkylation sites (tertiary alicyclic amines) is 1. The number of nitrogens with one attached hydrogen (secondary N) is 3. The highest BCUT2D eigenvalue weighted by molar-refractivity contribution is 7.87. The van der Waals surface area contributed by atoms with Crippen LogP contribution in [-0.4, -0.2) is 62.3 Å². The van der Waals surface area contributed by atoms with E-state index >= 15 is 0 Å². The van der Waals surface area contributed by atoms with Crippen LogP contribution >= 0.6 is 0 Å². The number of hydrogen-bond acceptors (Lipinski definition) is 6. The Morgan fingerprint density at radius 3 is 2.76 bits per heavy atom. The number of pyridine rings is 1. The number of amides is 2. The number of piperidine rings is 1. The summed E-state index contributed by atoms with van der Waals surface area (Å²) in [6, 6.07) is 8.23. The van der Waals surface area contributed by atoms with Gasteiger partial charge in [0.2, 0.25) is 11.8 Å². The Bertz CT molecular complexity index is 1070. The number of rotatable bonds is 10. The fourth-order valence-electron chi connectivity index (χ4n) is 4.06. The quantitative estimate of drug-likeness (QED) is 0.378. The lowest BCUT2D eigenvalue weighted by molar-refractivity contribution is -0.131. The molecule has 0 bridgehead atoms. The predicted molar refractivity (Wildman–Crippen MR) is 128 cm³/mol. The molecule has 1 aromatic heterocycles. The predicted octanol–water partition coefficient (Wildman–Crippen LogP) is 1.11. The summed E-state index contributed by atoms with van der Waals surface area (Å²) in [5, 5.41) is 11.7. The third kappa shape index (κ3) is 7.46. The Morgan fingerprint density at radius 2 is 2.00 bits per heavy atom. The van der Waals surface area contributed by atoms with Crippen LogP contribution in [0, 0.1) is 0 Å². The zero-order valence-corrected chi connectivity index (χ0v) is 19.6. The van der Waals surface area contributed by atoms with Crippen molar-refractivity contribution in [3.63, 3.8) is 0 Å². The Hall–Kier alpha value is -2.60. The normalized spacial score (nSPS) is 18.1. The summed E-state index contributed by atoms with van der Waals surface area (Å²) in [6.07, 6.45) is 5.80. The summed E-state index contributed by atoms with van der Waals surface area (Å²) in [4.78, 5) is 32.5. The fraction of sp³-hybridized carbons (Fsp3) is 0.500. The maximum absolute atomic E-state index is 13.2. The summed E-state index contributed by atoms with van der Waals surface area (Å²) >= 11 is 0. The lowest BCUT2D eigenvalue weighted by Crippen LogP contribution is -2.53. The van der Waals surface area contributed by atoms with Crippen LogP contribution in [0.15, 0.2) is 36.5 Å². The van der Waals surface area contributed by atoms with Crippen molar-refractivity contribution < 1.29 is 18.0 Å². The lowest BCUT2D eigenvalue weighted by atomic mass is 10.0. The molecule has 2 aromatic rings.